The summed E-state index contributed by atoms with van der Waals surface area (Å²) in [5, 5.41) is 3.56. The molecular weight excluding hydrogens is 384 g/mol. The maximum Gasteiger partial charge on any atom is 0.230 e. The Kier molecular flexibility index (Phi) is 7.32. The van der Waals surface area contributed by atoms with Crippen molar-refractivity contribution in [1.82, 2.24) is 4.90 Å². The standard InChI is InChI=1S/C24H29ClN2O2/c1-17-12-14-27(15-13-17)24(29)22(11-10-19-6-3-4-9-23(19)25)20-7-5-8-21(16-20)26-18(2)28/h3-9,16-17,22H,10-15H2,1-2H3,(H,26,28). The molecule has 1 aliphatic heterocycles. The summed E-state index contributed by atoms with van der Waals surface area (Å²) in [5.74, 6) is 0.465. The second-order valence-electron chi connectivity index (χ2n) is 8.00. The molecule has 2 aromatic carbocycles. The molecule has 1 atom stereocenters. The van der Waals surface area contributed by atoms with Gasteiger partial charge in [0.15, 0.2) is 0 Å². The van der Waals surface area contributed by atoms with Crippen molar-refractivity contribution in [3.8, 4) is 0 Å². The van der Waals surface area contributed by atoms with Crippen LogP contribution in [0.5, 0.6) is 0 Å². The van der Waals surface area contributed by atoms with E-state index in [1.807, 2.05) is 53.4 Å². The van der Waals surface area contributed by atoms with E-state index in [2.05, 4.69) is 12.2 Å². The Morgan fingerprint density at radius 1 is 1.14 bits per heavy atom. The summed E-state index contributed by atoms with van der Waals surface area (Å²) in [6.45, 7) is 5.36. The molecule has 4 nitrogen and oxygen atoms in total. The van der Waals surface area contributed by atoms with Crippen LogP contribution in [0, 0.1) is 5.92 Å². The van der Waals surface area contributed by atoms with Crippen LogP contribution in [-0.2, 0) is 16.0 Å². The fourth-order valence-electron chi connectivity index (χ4n) is 3.92. The van der Waals surface area contributed by atoms with Crippen molar-refractivity contribution in [3.63, 3.8) is 0 Å². The number of benzene rings is 2. The fraction of sp³-hybridized carbons (Fsp3) is 0.417. The third kappa shape index (κ3) is 5.83. The topological polar surface area (TPSA) is 49.4 Å². The molecule has 154 valence electrons. The number of piperidine rings is 1. The van der Waals surface area contributed by atoms with Crippen LogP contribution in [0.15, 0.2) is 48.5 Å². The van der Waals surface area contributed by atoms with Gasteiger partial charge in [-0.1, -0.05) is 48.9 Å². The van der Waals surface area contributed by atoms with Crippen molar-refractivity contribution in [2.45, 2.75) is 45.4 Å². The summed E-state index contributed by atoms with van der Waals surface area (Å²) in [6, 6.07) is 15.4. The number of carbonyl (C=O) groups is 2. The number of rotatable bonds is 6. The van der Waals surface area contributed by atoms with Gasteiger partial charge in [0.05, 0.1) is 5.92 Å². The number of hydrogen-bond donors (Lipinski definition) is 1. The van der Waals surface area contributed by atoms with Gasteiger partial charge < -0.3 is 10.2 Å². The van der Waals surface area contributed by atoms with Crippen LogP contribution in [0.3, 0.4) is 0 Å². The lowest BCUT2D eigenvalue weighted by atomic mass is 9.89. The predicted molar refractivity (Wildman–Crippen MR) is 118 cm³/mol. The van der Waals surface area contributed by atoms with Crippen LogP contribution in [-0.4, -0.2) is 29.8 Å². The Hall–Kier alpha value is -2.33. The lowest BCUT2D eigenvalue weighted by molar-refractivity contribution is -0.134. The summed E-state index contributed by atoms with van der Waals surface area (Å²) in [7, 11) is 0. The van der Waals surface area contributed by atoms with Crippen LogP contribution in [0.2, 0.25) is 5.02 Å². The number of halogens is 1. The van der Waals surface area contributed by atoms with Crippen molar-refractivity contribution in [2.24, 2.45) is 5.92 Å². The van der Waals surface area contributed by atoms with E-state index in [-0.39, 0.29) is 17.7 Å². The molecule has 1 saturated heterocycles. The van der Waals surface area contributed by atoms with E-state index < -0.39 is 0 Å². The van der Waals surface area contributed by atoms with E-state index >= 15 is 0 Å². The molecule has 0 bridgehead atoms. The van der Waals surface area contributed by atoms with Crippen molar-refractivity contribution in [3.05, 3.63) is 64.7 Å². The van der Waals surface area contributed by atoms with Crippen LogP contribution in [0.1, 0.15) is 50.2 Å². The van der Waals surface area contributed by atoms with Gasteiger partial charge in [-0.25, -0.2) is 0 Å². The molecule has 1 unspecified atom stereocenters. The minimum absolute atomic E-state index is 0.119. The molecule has 0 radical (unpaired) electrons. The SMILES string of the molecule is CC(=O)Nc1cccc(C(CCc2ccccc2Cl)C(=O)N2CCC(C)CC2)c1. The highest BCUT2D eigenvalue weighted by molar-refractivity contribution is 6.31. The van der Waals surface area contributed by atoms with E-state index in [9.17, 15) is 9.59 Å². The Labute approximate surface area is 178 Å². The number of nitrogens with zero attached hydrogens (tertiary/aromatic N) is 1. The minimum Gasteiger partial charge on any atom is -0.342 e. The molecular formula is C24H29ClN2O2. The zero-order valence-corrected chi connectivity index (χ0v) is 17.9. The van der Waals surface area contributed by atoms with Crippen LogP contribution in [0.4, 0.5) is 5.69 Å². The van der Waals surface area contributed by atoms with E-state index in [0.717, 1.165) is 54.2 Å². The first-order valence-corrected chi connectivity index (χ1v) is 10.7. The molecule has 5 heteroatoms. The Balaban J connectivity index is 1.83. The average Bonchev–Trinajstić information content (AvgIpc) is 2.69. The minimum atomic E-state index is -0.256. The number of amides is 2. The highest BCUT2D eigenvalue weighted by Crippen LogP contribution is 2.30. The normalized spacial score (nSPS) is 15.8. The monoisotopic (exact) mass is 412 g/mol. The summed E-state index contributed by atoms with van der Waals surface area (Å²) in [4.78, 5) is 26.9. The van der Waals surface area contributed by atoms with Gasteiger partial charge in [-0.15, -0.1) is 0 Å². The largest absolute Gasteiger partial charge is 0.342 e. The molecule has 1 heterocycles. The van der Waals surface area contributed by atoms with Crippen molar-refractivity contribution in [2.75, 3.05) is 18.4 Å². The summed E-state index contributed by atoms with van der Waals surface area (Å²) >= 11 is 6.34. The molecule has 3 rings (SSSR count). The molecule has 2 amide bonds. The number of hydrogen-bond acceptors (Lipinski definition) is 2. The number of nitrogens with one attached hydrogen (secondary N) is 1. The number of carbonyl (C=O) groups excluding carboxylic acids is 2. The molecule has 1 fully saturated rings. The Bertz CT molecular complexity index is 859. The maximum atomic E-state index is 13.5. The average molecular weight is 413 g/mol. The molecule has 1 N–H and O–H groups in total. The van der Waals surface area contributed by atoms with Crippen LogP contribution in [0.25, 0.3) is 0 Å². The highest BCUT2D eigenvalue weighted by Gasteiger charge is 2.28. The number of anilines is 1. The van der Waals surface area contributed by atoms with Gasteiger partial charge in [-0.3, -0.25) is 9.59 Å². The van der Waals surface area contributed by atoms with Crippen molar-refractivity contribution >= 4 is 29.1 Å². The zero-order chi connectivity index (χ0) is 20.8. The fourth-order valence-corrected chi connectivity index (χ4v) is 4.15. The molecule has 0 aliphatic carbocycles. The van der Waals surface area contributed by atoms with Crippen molar-refractivity contribution < 1.29 is 9.59 Å². The number of likely N-dealkylation sites (tertiary alicyclic amines) is 1. The molecule has 1 aliphatic rings. The molecule has 29 heavy (non-hydrogen) atoms. The third-order valence-electron chi connectivity index (χ3n) is 5.66. The predicted octanol–water partition coefficient (Wildman–Crippen LogP) is 5.27. The zero-order valence-electron chi connectivity index (χ0n) is 17.2. The van der Waals surface area contributed by atoms with Gasteiger partial charge in [-0.05, 0) is 60.9 Å². The second kappa shape index (κ2) is 9.93. The summed E-state index contributed by atoms with van der Waals surface area (Å²) in [5.41, 5.74) is 2.71. The molecule has 2 aromatic rings. The smallest absolute Gasteiger partial charge is 0.230 e. The Morgan fingerprint density at radius 3 is 2.55 bits per heavy atom. The lowest BCUT2D eigenvalue weighted by Gasteiger charge is -2.33. The maximum absolute atomic E-state index is 13.5. The van der Waals surface area contributed by atoms with Gasteiger partial charge in [0.25, 0.3) is 0 Å². The lowest BCUT2D eigenvalue weighted by Crippen LogP contribution is -2.40. The van der Waals surface area contributed by atoms with Gasteiger partial charge in [0.2, 0.25) is 11.8 Å². The molecule has 0 spiro atoms. The first-order valence-electron chi connectivity index (χ1n) is 10.3. The number of aryl methyl sites for hydroxylation is 1. The van der Waals surface area contributed by atoms with Gasteiger partial charge in [0, 0.05) is 30.7 Å². The van der Waals surface area contributed by atoms with E-state index in [0.29, 0.717) is 12.3 Å². The quantitative estimate of drug-likeness (QED) is 0.702. The third-order valence-corrected chi connectivity index (χ3v) is 6.03. The second-order valence-corrected chi connectivity index (χ2v) is 8.40. The Morgan fingerprint density at radius 2 is 1.86 bits per heavy atom. The molecule has 0 saturated carbocycles. The molecule has 0 aromatic heterocycles. The van der Waals surface area contributed by atoms with Crippen molar-refractivity contribution in [1.29, 1.82) is 0 Å². The van der Waals surface area contributed by atoms with Gasteiger partial charge >= 0.3 is 0 Å². The van der Waals surface area contributed by atoms with E-state index in [4.69, 9.17) is 11.6 Å². The van der Waals surface area contributed by atoms with Crippen LogP contribution >= 0.6 is 11.6 Å². The van der Waals surface area contributed by atoms with Gasteiger partial charge in [0.1, 0.15) is 0 Å². The van der Waals surface area contributed by atoms with Gasteiger partial charge in [-0.2, -0.15) is 0 Å². The van der Waals surface area contributed by atoms with E-state index in [1.54, 1.807) is 0 Å². The highest BCUT2D eigenvalue weighted by atomic mass is 35.5. The van der Waals surface area contributed by atoms with Crippen LogP contribution < -0.4 is 5.32 Å². The summed E-state index contributed by atoms with van der Waals surface area (Å²) < 4.78 is 0. The summed E-state index contributed by atoms with van der Waals surface area (Å²) in [6.07, 6.45) is 3.51. The first-order chi connectivity index (χ1) is 13.9. The van der Waals surface area contributed by atoms with E-state index in [1.165, 1.54) is 6.92 Å². The first kappa shape index (κ1) is 21.4.